The molecule has 6 nitrogen and oxygen atoms in total. The molecule has 0 aromatic carbocycles. The lowest BCUT2D eigenvalue weighted by Crippen LogP contribution is -2.47. The Bertz CT molecular complexity index is 297. The predicted octanol–water partition coefficient (Wildman–Crippen LogP) is -0.374. The molecule has 19 heavy (non-hydrogen) atoms. The fraction of sp³-hybridized carbons (Fsp3) is 0.923. The molecule has 0 spiro atoms. The van der Waals surface area contributed by atoms with Gasteiger partial charge in [0.1, 0.15) is 6.04 Å². The quantitative estimate of drug-likeness (QED) is 0.638. The number of methoxy groups -OCH3 is 3. The molecule has 1 heterocycles. The number of ether oxygens (including phenoxy) is 3. The normalized spacial score (nSPS) is 29.4. The Morgan fingerprint density at radius 1 is 1.21 bits per heavy atom. The van der Waals surface area contributed by atoms with Crippen molar-refractivity contribution in [2.45, 2.75) is 37.1 Å². The lowest BCUT2D eigenvalue weighted by Gasteiger charge is -2.22. The minimum atomic E-state index is -0.259. The van der Waals surface area contributed by atoms with Gasteiger partial charge in [0.15, 0.2) is 0 Å². The minimum Gasteiger partial charge on any atom is -0.468 e. The molecule has 1 saturated heterocycles. The van der Waals surface area contributed by atoms with Gasteiger partial charge in [-0.15, -0.1) is 0 Å². The van der Waals surface area contributed by atoms with E-state index in [1.165, 1.54) is 7.11 Å². The van der Waals surface area contributed by atoms with E-state index in [2.05, 4.69) is 10.2 Å². The summed E-state index contributed by atoms with van der Waals surface area (Å²) >= 11 is 0. The predicted molar refractivity (Wildman–Crippen MR) is 70.0 cm³/mol. The van der Waals surface area contributed by atoms with Crippen molar-refractivity contribution in [3.8, 4) is 0 Å². The van der Waals surface area contributed by atoms with Crippen molar-refractivity contribution >= 4 is 5.97 Å². The van der Waals surface area contributed by atoms with Crippen molar-refractivity contribution in [2.24, 2.45) is 0 Å². The van der Waals surface area contributed by atoms with Crippen LogP contribution in [-0.4, -0.2) is 76.1 Å². The smallest absolute Gasteiger partial charge is 0.324 e. The van der Waals surface area contributed by atoms with Gasteiger partial charge in [0, 0.05) is 39.9 Å². The number of rotatable bonds is 7. The first kappa shape index (κ1) is 14.7. The first-order chi connectivity index (χ1) is 9.17. The number of nitrogens with zero attached hydrogens (tertiary/aromatic N) is 1. The summed E-state index contributed by atoms with van der Waals surface area (Å²) in [6, 6.07) is 0.216. The first-order valence-electron chi connectivity index (χ1n) is 6.79. The SMILES string of the molecule is COC(=O)C(CN1CC(OC)C(OC)C1)NC1CC1. The van der Waals surface area contributed by atoms with Gasteiger partial charge in [0.25, 0.3) is 0 Å². The topological polar surface area (TPSA) is 60.0 Å². The fourth-order valence-corrected chi connectivity index (χ4v) is 2.55. The van der Waals surface area contributed by atoms with Crippen LogP contribution in [0.15, 0.2) is 0 Å². The second kappa shape index (κ2) is 6.65. The Morgan fingerprint density at radius 3 is 2.21 bits per heavy atom. The molecule has 1 saturated carbocycles. The van der Waals surface area contributed by atoms with Crippen LogP contribution in [0.5, 0.6) is 0 Å². The second-order valence-electron chi connectivity index (χ2n) is 5.28. The Morgan fingerprint density at radius 2 is 1.79 bits per heavy atom. The molecule has 0 radical (unpaired) electrons. The lowest BCUT2D eigenvalue weighted by atomic mass is 10.2. The lowest BCUT2D eigenvalue weighted by molar-refractivity contribution is -0.143. The van der Waals surface area contributed by atoms with E-state index in [-0.39, 0.29) is 24.2 Å². The summed E-state index contributed by atoms with van der Waals surface area (Å²) in [7, 11) is 4.82. The summed E-state index contributed by atoms with van der Waals surface area (Å²) in [5.74, 6) is -0.193. The Hall–Kier alpha value is -0.690. The van der Waals surface area contributed by atoms with Crippen LogP contribution in [0, 0.1) is 0 Å². The third kappa shape index (κ3) is 3.89. The molecule has 6 heteroatoms. The maximum absolute atomic E-state index is 11.8. The number of hydrogen-bond acceptors (Lipinski definition) is 6. The zero-order valence-electron chi connectivity index (χ0n) is 11.9. The molecule has 2 rings (SSSR count). The highest BCUT2D eigenvalue weighted by Crippen LogP contribution is 2.21. The zero-order chi connectivity index (χ0) is 13.8. The van der Waals surface area contributed by atoms with Gasteiger partial charge in [-0.2, -0.15) is 0 Å². The van der Waals surface area contributed by atoms with Gasteiger partial charge in [-0.05, 0) is 12.8 Å². The molecule has 1 aliphatic carbocycles. The van der Waals surface area contributed by atoms with E-state index < -0.39 is 0 Å². The van der Waals surface area contributed by atoms with Crippen LogP contribution in [-0.2, 0) is 19.0 Å². The maximum atomic E-state index is 11.8. The summed E-state index contributed by atoms with van der Waals surface area (Å²) in [5.41, 5.74) is 0. The van der Waals surface area contributed by atoms with Crippen LogP contribution < -0.4 is 5.32 Å². The monoisotopic (exact) mass is 272 g/mol. The molecule has 110 valence electrons. The average Bonchev–Trinajstić information content (AvgIpc) is 3.15. The van der Waals surface area contributed by atoms with Crippen molar-refractivity contribution < 1.29 is 19.0 Å². The van der Waals surface area contributed by atoms with Crippen molar-refractivity contribution in [3.05, 3.63) is 0 Å². The fourth-order valence-electron chi connectivity index (χ4n) is 2.55. The van der Waals surface area contributed by atoms with E-state index in [1.54, 1.807) is 14.2 Å². The summed E-state index contributed by atoms with van der Waals surface area (Å²) in [4.78, 5) is 14.0. The standard InChI is InChI=1S/C13H24N2O4/c1-17-11-7-15(8-12(11)18-2)6-10(13(16)19-3)14-9-4-5-9/h9-12,14H,4-8H2,1-3H3. The molecule has 0 amide bonds. The number of likely N-dealkylation sites (tertiary alicyclic amines) is 1. The van der Waals surface area contributed by atoms with E-state index in [0.717, 1.165) is 25.9 Å². The summed E-state index contributed by atoms with van der Waals surface area (Å²) in [6.45, 7) is 2.21. The number of esters is 1. The molecule has 0 aromatic heterocycles. The van der Waals surface area contributed by atoms with Crippen molar-refractivity contribution in [1.82, 2.24) is 10.2 Å². The van der Waals surface area contributed by atoms with Gasteiger partial charge in [-0.25, -0.2) is 0 Å². The van der Waals surface area contributed by atoms with Crippen molar-refractivity contribution in [3.63, 3.8) is 0 Å². The Kier molecular flexibility index (Phi) is 5.15. The molecule has 2 fully saturated rings. The average molecular weight is 272 g/mol. The molecule has 0 bridgehead atoms. The van der Waals surface area contributed by atoms with Crippen LogP contribution in [0.25, 0.3) is 0 Å². The Balaban J connectivity index is 1.87. The second-order valence-corrected chi connectivity index (χ2v) is 5.28. The summed E-state index contributed by atoms with van der Waals surface area (Å²) in [5, 5.41) is 3.34. The molecule has 1 aliphatic heterocycles. The highest BCUT2D eigenvalue weighted by atomic mass is 16.5. The molecule has 0 aromatic rings. The highest BCUT2D eigenvalue weighted by molar-refractivity contribution is 5.76. The third-order valence-corrected chi connectivity index (χ3v) is 3.84. The van der Waals surface area contributed by atoms with Crippen molar-refractivity contribution in [2.75, 3.05) is 41.0 Å². The number of carbonyl (C=O) groups excluding carboxylic acids is 1. The first-order valence-corrected chi connectivity index (χ1v) is 6.79. The largest absolute Gasteiger partial charge is 0.468 e. The van der Waals surface area contributed by atoms with Crippen LogP contribution in [0.1, 0.15) is 12.8 Å². The zero-order valence-corrected chi connectivity index (χ0v) is 11.9. The molecular formula is C13H24N2O4. The molecule has 3 atom stereocenters. The number of nitrogens with one attached hydrogen (secondary N) is 1. The van der Waals surface area contributed by atoms with E-state index in [0.29, 0.717) is 12.6 Å². The van der Waals surface area contributed by atoms with Gasteiger partial charge in [-0.1, -0.05) is 0 Å². The van der Waals surface area contributed by atoms with E-state index in [1.807, 2.05) is 0 Å². The summed E-state index contributed by atoms with van der Waals surface area (Å²) in [6.07, 6.45) is 2.44. The molecule has 2 aliphatic rings. The third-order valence-electron chi connectivity index (χ3n) is 3.84. The Labute approximate surface area is 114 Å². The van der Waals surface area contributed by atoms with Gasteiger partial charge >= 0.3 is 5.97 Å². The van der Waals surface area contributed by atoms with Crippen molar-refractivity contribution in [1.29, 1.82) is 0 Å². The van der Waals surface area contributed by atoms with Gasteiger partial charge in [-0.3, -0.25) is 9.69 Å². The molecular weight excluding hydrogens is 248 g/mol. The van der Waals surface area contributed by atoms with Crippen LogP contribution >= 0.6 is 0 Å². The maximum Gasteiger partial charge on any atom is 0.324 e. The minimum absolute atomic E-state index is 0.0734. The van der Waals surface area contributed by atoms with E-state index >= 15 is 0 Å². The van der Waals surface area contributed by atoms with Gasteiger partial charge in [0.2, 0.25) is 0 Å². The van der Waals surface area contributed by atoms with Crippen LogP contribution in [0.2, 0.25) is 0 Å². The van der Waals surface area contributed by atoms with E-state index in [9.17, 15) is 4.79 Å². The number of hydrogen-bond donors (Lipinski definition) is 1. The van der Waals surface area contributed by atoms with Gasteiger partial charge < -0.3 is 19.5 Å². The van der Waals surface area contributed by atoms with Crippen LogP contribution in [0.3, 0.4) is 0 Å². The van der Waals surface area contributed by atoms with Gasteiger partial charge in [0.05, 0.1) is 19.3 Å². The van der Waals surface area contributed by atoms with E-state index in [4.69, 9.17) is 14.2 Å². The molecule has 3 unspecified atom stereocenters. The van der Waals surface area contributed by atoms with Crippen LogP contribution in [0.4, 0.5) is 0 Å². The molecule has 1 N–H and O–H groups in total. The summed E-state index contributed by atoms with van der Waals surface area (Å²) < 4.78 is 15.7. The number of carbonyl (C=O) groups is 1. The highest BCUT2D eigenvalue weighted by Gasteiger charge is 2.36.